The van der Waals surface area contributed by atoms with Crippen molar-refractivity contribution in [1.82, 2.24) is 0 Å². The second-order valence-corrected chi connectivity index (χ2v) is 4.09. The van der Waals surface area contributed by atoms with Gasteiger partial charge in [-0.1, -0.05) is 23.8 Å². The van der Waals surface area contributed by atoms with Crippen LogP contribution >= 0.6 is 0 Å². The zero-order chi connectivity index (χ0) is 11.8. The van der Waals surface area contributed by atoms with E-state index in [1.54, 1.807) is 12.1 Å². The van der Waals surface area contributed by atoms with Crippen molar-refractivity contribution >= 4 is 6.08 Å². The monoisotopic (exact) mass is 227 g/mol. The molecule has 1 aromatic carbocycles. The fourth-order valence-electron chi connectivity index (χ4n) is 1.77. The van der Waals surface area contributed by atoms with Crippen LogP contribution in [0.25, 0.3) is 6.08 Å². The Morgan fingerprint density at radius 1 is 1.25 bits per heavy atom. The summed E-state index contributed by atoms with van der Waals surface area (Å²) in [6, 6.07) is 5.52. The average Bonchev–Trinajstić information content (AvgIpc) is 2.14. The lowest BCUT2D eigenvalue weighted by Gasteiger charge is -2.25. The summed E-state index contributed by atoms with van der Waals surface area (Å²) >= 11 is 0. The first-order valence-corrected chi connectivity index (χ1v) is 5.07. The summed E-state index contributed by atoms with van der Waals surface area (Å²) < 4.78 is 37.3. The molecule has 0 aliphatic heterocycles. The largest absolute Gasteiger partial charge is 0.416 e. The van der Waals surface area contributed by atoms with Crippen LogP contribution in [0.4, 0.5) is 13.2 Å². The van der Waals surface area contributed by atoms with Gasteiger partial charge >= 0.3 is 6.18 Å². The molecule has 0 radical (unpaired) electrons. The lowest BCUT2D eigenvalue weighted by atomic mass is 9.86. The Morgan fingerprint density at radius 2 is 1.94 bits per heavy atom. The SMILES string of the molecule is NC1CC(=Cc2cccc(C(F)(F)F)c2)C1. The minimum Gasteiger partial charge on any atom is -0.327 e. The molecule has 1 aliphatic rings. The second-order valence-electron chi connectivity index (χ2n) is 4.09. The molecule has 0 bridgehead atoms. The third kappa shape index (κ3) is 2.44. The predicted molar refractivity (Wildman–Crippen MR) is 56.6 cm³/mol. The van der Waals surface area contributed by atoms with Crippen LogP contribution in [0.2, 0.25) is 0 Å². The maximum Gasteiger partial charge on any atom is 0.416 e. The molecule has 1 fully saturated rings. The van der Waals surface area contributed by atoms with Crippen LogP contribution in [0, 0.1) is 0 Å². The Balaban J connectivity index is 2.20. The van der Waals surface area contributed by atoms with Gasteiger partial charge in [0.2, 0.25) is 0 Å². The molecule has 1 saturated carbocycles. The molecule has 0 spiro atoms. The highest BCUT2D eigenvalue weighted by atomic mass is 19.4. The molecule has 0 amide bonds. The lowest BCUT2D eigenvalue weighted by molar-refractivity contribution is -0.137. The smallest absolute Gasteiger partial charge is 0.327 e. The topological polar surface area (TPSA) is 26.0 Å². The summed E-state index contributed by atoms with van der Waals surface area (Å²) in [4.78, 5) is 0. The lowest BCUT2D eigenvalue weighted by Crippen LogP contribution is -2.29. The normalized spacial score (nSPS) is 20.5. The molecule has 1 aliphatic carbocycles. The summed E-state index contributed by atoms with van der Waals surface area (Å²) in [5.74, 6) is 0. The average molecular weight is 227 g/mol. The van der Waals surface area contributed by atoms with Gasteiger partial charge in [0, 0.05) is 6.04 Å². The summed E-state index contributed by atoms with van der Waals surface area (Å²) in [6.45, 7) is 0. The van der Waals surface area contributed by atoms with E-state index in [1.807, 2.05) is 0 Å². The third-order valence-corrected chi connectivity index (χ3v) is 2.63. The highest BCUT2D eigenvalue weighted by Crippen LogP contribution is 2.31. The maximum atomic E-state index is 12.4. The van der Waals surface area contributed by atoms with Crippen LogP contribution < -0.4 is 5.73 Å². The van der Waals surface area contributed by atoms with Gasteiger partial charge in [0.15, 0.2) is 0 Å². The fourth-order valence-corrected chi connectivity index (χ4v) is 1.77. The highest BCUT2D eigenvalue weighted by molar-refractivity contribution is 5.55. The van der Waals surface area contributed by atoms with Gasteiger partial charge in [-0.25, -0.2) is 0 Å². The van der Waals surface area contributed by atoms with Crippen LogP contribution in [0.15, 0.2) is 29.8 Å². The second kappa shape index (κ2) is 3.94. The van der Waals surface area contributed by atoms with Gasteiger partial charge in [0.05, 0.1) is 5.56 Å². The molecule has 0 heterocycles. The van der Waals surface area contributed by atoms with Gasteiger partial charge in [-0.05, 0) is 30.5 Å². The Hall–Kier alpha value is -1.29. The van der Waals surface area contributed by atoms with Gasteiger partial charge in [-0.3, -0.25) is 0 Å². The Bertz CT molecular complexity index is 413. The van der Waals surface area contributed by atoms with Gasteiger partial charge in [0.1, 0.15) is 0 Å². The number of hydrogen-bond donors (Lipinski definition) is 1. The van der Waals surface area contributed by atoms with Crippen molar-refractivity contribution < 1.29 is 13.2 Å². The van der Waals surface area contributed by atoms with Crippen molar-refractivity contribution in [3.63, 3.8) is 0 Å². The minimum atomic E-state index is -4.27. The third-order valence-electron chi connectivity index (χ3n) is 2.63. The Kier molecular flexibility index (Phi) is 2.76. The summed E-state index contributed by atoms with van der Waals surface area (Å²) in [6.07, 6.45) is -0.907. The van der Waals surface area contributed by atoms with E-state index in [1.165, 1.54) is 6.07 Å². The van der Waals surface area contributed by atoms with Crippen molar-refractivity contribution in [3.8, 4) is 0 Å². The number of benzene rings is 1. The molecule has 0 unspecified atom stereocenters. The number of halogens is 3. The Labute approximate surface area is 91.8 Å². The quantitative estimate of drug-likeness (QED) is 0.783. The zero-order valence-electron chi connectivity index (χ0n) is 8.59. The summed E-state index contributed by atoms with van der Waals surface area (Å²) in [7, 11) is 0. The van der Waals surface area contributed by atoms with Gasteiger partial charge in [-0.2, -0.15) is 13.2 Å². The Morgan fingerprint density at radius 3 is 2.50 bits per heavy atom. The number of hydrogen-bond acceptors (Lipinski definition) is 1. The van der Waals surface area contributed by atoms with E-state index in [2.05, 4.69) is 0 Å². The van der Waals surface area contributed by atoms with Gasteiger partial charge in [-0.15, -0.1) is 0 Å². The molecule has 16 heavy (non-hydrogen) atoms. The van der Waals surface area contributed by atoms with Crippen molar-refractivity contribution in [2.75, 3.05) is 0 Å². The van der Waals surface area contributed by atoms with Gasteiger partial charge < -0.3 is 5.73 Å². The first-order chi connectivity index (χ1) is 7.45. The van der Waals surface area contributed by atoms with E-state index >= 15 is 0 Å². The standard InChI is InChI=1S/C12H12F3N/c13-12(14,15)10-3-1-2-8(5-10)4-9-6-11(16)7-9/h1-5,11H,6-7,16H2. The van der Waals surface area contributed by atoms with Crippen molar-refractivity contribution in [2.45, 2.75) is 25.1 Å². The molecule has 2 rings (SSSR count). The van der Waals surface area contributed by atoms with E-state index in [0.717, 1.165) is 30.5 Å². The summed E-state index contributed by atoms with van der Waals surface area (Å²) in [5, 5.41) is 0. The first-order valence-electron chi connectivity index (χ1n) is 5.07. The van der Waals surface area contributed by atoms with Crippen molar-refractivity contribution in [2.24, 2.45) is 5.73 Å². The van der Waals surface area contributed by atoms with Crippen LogP contribution in [0.5, 0.6) is 0 Å². The minimum absolute atomic E-state index is 0.178. The fraction of sp³-hybridized carbons (Fsp3) is 0.333. The van der Waals surface area contributed by atoms with Crippen LogP contribution in [0.1, 0.15) is 24.0 Å². The molecule has 1 nitrogen and oxygen atoms in total. The van der Waals surface area contributed by atoms with E-state index in [0.29, 0.717) is 5.56 Å². The van der Waals surface area contributed by atoms with E-state index in [-0.39, 0.29) is 6.04 Å². The predicted octanol–water partition coefficient (Wildman–Crippen LogP) is 3.21. The summed E-state index contributed by atoms with van der Waals surface area (Å²) in [5.41, 5.74) is 6.71. The molecular formula is C12H12F3N. The maximum absolute atomic E-state index is 12.4. The molecule has 0 aromatic heterocycles. The molecular weight excluding hydrogens is 215 g/mol. The van der Waals surface area contributed by atoms with Crippen molar-refractivity contribution in [1.29, 1.82) is 0 Å². The molecule has 4 heteroatoms. The number of nitrogens with two attached hydrogens (primary N) is 1. The zero-order valence-corrected chi connectivity index (χ0v) is 8.59. The molecule has 2 N–H and O–H groups in total. The number of rotatable bonds is 1. The van der Waals surface area contributed by atoms with Crippen molar-refractivity contribution in [3.05, 3.63) is 41.0 Å². The van der Waals surface area contributed by atoms with Crippen LogP contribution in [-0.4, -0.2) is 6.04 Å². The highest BCUT2D eigenvalue weighted by Gasteiger charge is 2.30. The van der Waals surface area contributed by atoms with E-state index in [9.17, 15) is 13.2 Å². The van der Waals surface area contributed by atoms with Crippen LogP contribution in [-0.2, 0) is 6.18 Å². The molecule has 0 atom stereocenters. The molecule has 1 aromatic rings. The van der Waals surface area contributed by atoms with Gasteiger partial charge in [0.25, 0.3) is 0 Å². The molecule has 86 valence electrons. The van der Waals surface area contributed by atoms with Crippen LogP contribution in [0.3, 0.4) is 0 Å². The molecule has 0 saturated heterocycles. The van der Waals surface area contributed by atoms with E-state index in [4.69, 9.17) is 5.73 Å². The van der Waals surface area contributed by atoms with E-state index < -0.39 is 11.7 Å². The number of alkyl halides is 3. The first kappa shape index (κ1) is 11.2.